The van der Waals surface area contributed by atoms with Crippen molar-refractivity contribution in [2.45, 2.75) is 0 Å². The first kappa shape index (κ1) is 20.0. The summed E-state index contributed by atoms with van der Waals surface area (Å²) >= 11 is 6.12. The lowest BCUT2D eigenvalue weighted by atomic mass is 10.0. The van der Waals surface area contributed by atoms with E-state index in [4.69, 9.17) is 11.6 Å². The summed E-state index contributed by atoms with van der Waals surface area (Å²) in [5.41, 5.74) is 5.41. The van der Waals surface area contributed by atoms with Crippen molar-refractivity contribution in [2.24, 2.45) is 0 Å². The van der Waals surface area contributed by atoms with E-state index in [2.05, 4.69) is 26.1 Å². The lowest BCUT2D eigenvalue weighted by Gasteiger charge is -2.12. The first-order chi connectivity index (χ1) is 15.0. The first-order valence-electron chi connectivity index (χ1n) is 9.09. The van der Waals surface area contributed by atoms with Gasteiger partial charge in [0.05, 0.1) is 15.6 Å². The molecule has 0 fully saturated rings. The summed E-state index contributed by atoms with van der Waals surface area (Å²) in [6, 6.07) is 19.5. The number of halogens is 1. The predicted molar refractivity (Wildman–Crippen MR) is 118 cm³/mol. The van der Waals surface area contributed by atoms with Crippen molar-refractivity contribution in [3.63, 3.8) is 0 Å². The van der Waals surface area contributed by atoms with Gasteiger partial charge in [-0.3, -0.25) is 25.8 Å². The molecule has 0 aliphatic carbocycles. The van der Waals surface area contributed by atoms with E-state index >= 15 is 0 Å². The molecule has 0 aliphatic heterocycles. The predicted octanol–water partition coefficient (Wildman–Crippen LogP) is 4.69. The van der Waals surface area contributed by atoms with Gasteiger partial charge in [-0.2, -0.15) is 0 Å². The maximum atomic E-state index is 12.7. The number of amides is 1. The van der Waals surface area contributed by atoms with Crippen LogP contribution in [0.3, 0.4) is 0 Å². The molecule has 0 spiro atoms. The fourth-order valence-corrected chi connectivity index (χ4v) is 3.21. The molecule has 10 heteroatoms. The number of hydrazine groups is 1. The summed E-state index contributed by atoms with van der Waals surface area (Å²) < 4.78 is 0. The zero-order valence-electron chi connectivity index (χ0n) is 15.9. The van der Waals surface area contributed by atoms with Crippen molar-refractivity contribution in [1.82, 2.24) is 15.4 Å². The Morgan fingerprint density at radius 3 is 2.45 bits per heavy atom. The van der Waals surface area contributed by atoms with Crippen LogP contribution in [0, 0.1) is 10.1 Å². The molecule has 1 amide bonds. The zero-order chi connectivity index (χ0) is 21.8. The van der Waals surface area contributed by atoms with Crippen molar-refractivity contribution < 1.29 is 9.72 Å². The highest BCUT2D eigenvalue weighted by molar-refractivity contribution is 6.33. The monoisotopic (exact) mass is 434 g/mol. The molecule has 1 heterocycles. The van der Waals surface area contributed by atoms with Gasteiger partial charge in [-0.25, -0.2) is 9.97 Å². The Labute approximate surface area is 181 Å². The Kier molecular flexibility index (Phi) is 5.59. The standard InChI is InChI=1S/C21H15ClN6O3/c22-16-10-3-4-11-17(16)25-19-18(28(30)31)20(24-12-23-19)26-27-21(29)15-9-5-7-13-6-1-2-8-14(13)15/h1-12H,(H,27,29)(H2,23,24,25,26). The van der Waals surface area contributed by atoms with Gasteiger partial charge in [-0.15, -0.1) is 0 Å². The molecule has 3 N–H and O–H groups in total. The molecule has 4 aromatic rings. The maximum absolute atomic E-state index is 12.7. The van der Waals surface area contributed by atoms with E-state index in [0.29, 0.717) is 16.3 Å². The second-order valence-electron chi connectivity index (χ2n) is 6.39. The van der Waals surface area contributed by atoms with Gasteiger partial charge in [0.15, 0.2) is 0 Å². The molecular formula is C21H15ClN6O3. The SMILES string of the molecule is O=C(NNc1ncnc(Nc2ccccc2Cl)c1[N+](=O)[O-])c1cccc2ccccc12. The molecule has 4 rings (SSSR count). The largest absolute Gasteiger partial charge is 0.355 e. The minimum absolute atomic E-state index is 0.0741. The van der Waals surface area contributed by atoms with Crippen LogP contribution in [0.4, 0.5) is 23.0 Å². The van der Waals surface area contributed by atoms with Gasteiger partial charge < -0.3 is 5.32 Å². The average Bonchev–Trinajstić information content (AvgIpc) is 2.78. The summed E-state index contributed by atoms with van der Waals surface area (Å²) in [5.74, 6) is -0.719. The normalized spacial score (nSPS) is 10.5. The van der Waals surface area contributed by atoms with Gasteiger partial charge in [-0.05, 0) is 29.0 Å². The number of nitrogens with zero attached hydrogens (tertiary/aromatic N) is 3. The molecule has 0 unspecified atom stereocenters. The minimum Gasteiger partial charge on any atom is -0.333 e. The smallest absolute Gasteiger partial charge is 0.333 e. The van der Waals surface area contributed by atoms with E-state index in [-0.39, 0.29) is 11.6 Å². The number of aromatic nitrogens is 2. The van der Waals surface area contributed by atoms with Crippen molar-refractivity contribution in [3.05, 3.63) is 93.8 Å². The number of rotatable bonds is 6. The van der Waals surface area contributed by atoms with Crippen LogP contribution < -0.4 is 16.2 Å². The van der Waals surface area contributed by atoms with Crippen LogP contribution in [0.1, 0.15) is 10.4 Å². The average molecular weight is 435 g/mol. The second kappa shape index (κ2) is 8.64. The highest BCUT2D eigenvalue weighted by atomic mass is 35.5. The Hall–Kier alpha value is -4.24. The van der Waals surface area contributed by atoms with Crippen LogP contribution >= 0.6 is 11.6 Å². The third-order valence-corrected chi connectivity index (χ3v) is 4.79. The van der Waals surface area contributed by atoms with Crippen molar-refractivity contribution in [2.75, 3.05) is 10.7 Å². The highest BCUT2D eigenvalue weighted by Crippen LogP contribution is 2.33. The van der Waals surface area contributed by atoms with Gasteiger partial charge >= 0.3 is 5.69 Å². The van der Waals surface area contributed by atoms with E-state index in [9.17, 15) is 14.9 Å². The first-order valence-corrected chi connectivity index (χ1v) is 9.47. The van der Waals surface area contributed by atoms with Gasteiger partial charge in [0.2, 0.25) is 11.6 Å². The second-order valence-corrected chi connectivity index (χ2v) is 6.79. The number of hydrogen-bond donors (Lipinski definition) is 3. The lowest BCUT2D eigenvalue weighted by Crippen LogP contribution is -2.30. The molecule has 154 valence electrons. The Morgan fingerprint density at radius 1 is 0.935 bits per heavy atom. The summed E-state index contributed by atoms with van der Waals surface area (Å²) in [7, 11) is 0. The fraction of sp³-hybridized carbons (Fsp3) is 0. The van der Waals surface area contributed by atoms with Crippen LogP contribution in [0.5, 0.6) is 0 Å². The number of hydrogen-bond acceptors (Lipinski definition) is 7. The lowest BCUT2D eigenvalue weighted by molar-refractivity contribution is -0.383. The zero-order valence-corrected chi connectivity index (χ0v) is 16.6. The maximum Gasteiger partial charge on any atom is 0.355 e. The topological polar surface area (TPSA) is 122 Å². The number of benzene rings is 3. The van der Waals surface area contributed by atoms with Gasteiger partial charge in [0, 0.05) is 5.56 Å². The highest BCUT2D eigenvalue weighted by Gasteiger charge is 2.24. The number of fused-ring (bicyclic) bond motifs is 1. The Morgan fingerprint density at radius 2 is 1.65 bits per heavy atom. The molecule has 0 saturated carbocycles. The number of nitrogens with one attached hydrogen (secondary N) is 3. The molecule has 0 atom stereocenters. The van der Waals surface area contributed by atoms with Crippen LogP contribution in [0.15, 0.2) is 73.1 Å². The number of anilines is 3. The quantitative estimate of drug-likeness (QED) is 0.297. The summed E-state index contributed by atoms with van der Waals surface area (Å²) in [6.45, 7) is 0. The van der Waals surface area contributed by atoms with Crippen molar-refractivity contribution in [3.8, 4) is 0 Å². The van der Waals surface area contributed by atoms with Crippen molar-refractivity contribution in [1.29, 1.82) is 0 Å². The minimum atomic E-state index is -0.647. The molecule has 0 aliphatic rings. The molecule has 0 saturated heterocycles. The fourth-order valence-electron chi connectivity index (χ4n) is 3.03. The number of nitro groups is 1. The van der Waals surface area contributed by atoms with E-state index in [0.717, 1.165) is 17.1 Å². The summed E-state index contributed by atoms with van der Waals surface area (Å²) in [6.07, 6.45) is 1.14. The molecule has 0 radical (unpaired) electrons. The summed E-state index contributed by atoms with van der Waals surface area (Å²) in [4.78, 5) is 31.6. The van der Waals surface area contributed by atoms with Gasteiger partial charge in [-0.1, -0.05) is 60.1 Å². The van der Waals surface area contributed by atoms with E-state index in [1.165, 1.54) is 0 Å². The van der Waals surface area contributed by atoms with Gasteiger partial charge in [0.25, 0.3) is 5.91 Å². The number of carbonyl (C=O) groups excluding carboxylic acids is 1. The van der Waals surface area contributed by atoms with E-state index in [1.807, 2.05) is 30.3 Å². The van der Waals surface area contributed by atoms with Crippen LogP contribution in [0.25, 0.3) is 10.8 Å². The van der Waals surface area contributed by atoms with Crippen LogP contribution in [0.2, 0.25) is 5.02 Å². The summed E-state index contributed by atoms with van der Waals surface area (Å²) in [5, 5.41) is 16.6. The van der Waals surface area contributed by atoms with Crippen LogP contribution in [-0.2, 0) is 0 Å². The third-order valence-electron chi connectivity index (χ3n) is 4.46. The third kappa shape index (κ3) is 4.21. The molecule has 0 bridgehead atoms. The molecule has 31 heavy (non-hydrogen) atoms. The molecule has 3 aromatic carbocycles. The molecule has 1 aromatic heterocycles. The van der Waals surface area contributed by atoms with Crippen molar-refractivity contribution >= 4 is 51.3 Å². The van der Waals surface area contributed by atoms with Crippen LogP contribution in [-0.4, -0.2) is 20.8 Å². The number of para-hydroxylation sites is 1. The van der Waals surface area contributed by atoms with E-state index in [1.54, 1.807) is 36.4 Å². The number of carbonyl (C=O) groups is 1. The Balaban J connectivity index is 1.60. The molecular weight excluding hydrogens is 420 g/mol. The molecule has 9 nitrogen and oxygen atoms in total. The Bertz CT molecular complexity index is 1290. The van der Waals surface area contributed by atoms with E-state index < -0.39 is 16.5 Å². The van der Waals surface area contributed by atoms with Gasteiger partial charge in [0.1, 0.15) is 6.33 Å².